The molecule has 3 unspecified atom stereocenters. The van der Waals surface area contributed by atoms with Crippen LogP contribution in [0.15, 0.2) is 26.8 Å². The Labute approximate surface area is 465 Å². The van der Waals surface area contributed by atoms with Gasteiger partial charge >= 0.3 is 29.6 Å². The highest BCUT2D eigenvalue weighted by molar-refractivity contribution is 5.94. The number of esters is 1. The number of rotatable bonds is 33. The number of ether oxygens (including phenoxy) is 5. The number of hydrogen-bond acceptors (Lipinski definition) is 23. The van der Waals surface area contributed by atoms with Gasteiger partial charge in [0.25, 0.3) is 5.56 Å². The number of unbranched alkanes of at least 4 members (excludes halogenated alkanes) is 5. The van der Waals surface area contributed by atoms with Crippen LogP contribution in [0, 0.1) is 17.2 Å². The maximum Gasteiger partial charge on any atom is 0.330 e. The van der Waals surface area contributed by atoms with E-state index in [9.17, 15) is 69.1 Å². The molecule has 33 nitrogen and oxygen atoms in total. The largest absolute Gasteiger partial charge is 0.480 e. The average molecular weight is 1160 g/mol. The normalized spacial score (nSPS) is 24.8. The average Bonchev–Trinajstić information content (AvgIpc) is 4.10. The third kappa shape index (κ3) is 19.3. The van der Waals surface area contributed by atoms with E-state index in [-0.39, 0.29) is 57.9 Å². The van der Waals surface area contributed by atoms with Gasteiger partial charge in [0.2, 0.25) is 17.8 Å². The fraction of sp³-hybridized carbons (Fsp3) is 0.750. The van der Waals surface area contributed by atoms with E-state index in [0.717, 1.165) is 36.1 Å². The first kappa shape index (κ1) is 66.9. The number of carbonyl (C=O) groups is 6. The standard InChI is InChI=1S/C48H82N14O19/c1-22(2)28(42(70)71)59-47(74)60-29(24-14-18-55-46(52)56-24)40(69)58-30(35(23(3)4)79-27(64)13-10-8-6-7-9-11-19-62(76)45(50)51)39(68)54-17-12-16-53-31(43(72)73)36(81-44-38(77-5)32(65)25(21-49)78-44)37-33(66)34(67)41(80-37)61-20-15-26(63)57-48(61)75/h15,20,22-25,28-38,41,44,53,65-67,76H,6-14,16-19,21,49H2,1-5H3,(H3,50,51)(H,54,68)(H,58,69)(H,70,71)(H,72,73)(H3,52,55,56)(H,57,63,75)(H2,59,60,74)/t24?,25-,28+,29?,30+,31?,32-,33+,34-,35+,36-,37+,38-,41-,44+/m1/s1. The molecule has 0 bridgehead atoms. The monoisotopic (exact) mass is 1160 g/mol. The van der Waals surface area contributed by atoms with Crippen molar-refractivity contribution in [1.29, 1.82) is 5.41 Å². The molecule has 2 saturated heterocycles. The summed E-state index contributed by atoms with van der Waals surface area (Å²) in [7, 11) is 1.22. The molecule has 1 aromatic rings. The number of carboxylic acids is 2. The highest BCUT2D eigenvalue weighted by Crippen LogP contribution is 2.35. The number of methoxy groups -OCH3 is 1. The number of carboxylic acid groups (broad SMARTS) is 2. The molecule has 0 saturated carbocycles. The van der Waals surface area contributed by atoms with Crippen molar-refractivity contribution < 1.29 is 83.2 Å². The molecule has 0 spiro atoms. The van der Waals surface area contributed by atoms with Crippen LogP contribution in [0.25, 0.3) is 0 Å². The summed E-state index contributed by atoms with van der Waals surface area (Å²) < 4.78 is 29.9. The topological polar surface area (TPSA) is 514 Å². The Hall–Kier alpha value is -6.56. The molecule has 0 aromatic carbocycles. The molecule has 0 aliphatic carbocycles. The number of guanidine groups is 2. The number of urea groups is 1. The maximum atomic E-state index is 14.5. The van der Waals surface area contributed by atoms with Crippen molar-refractivity contribution in [1.82, 2.24) is 46.5 Å². The molecule has 15 atom stereocenters. The number of H-pyrrole nitrogens is 1. The van der Waals surface area contributed by atoms with Crippen molar-refractivity contribution in [2.75, 3.05) is 39.8 Å². The molecular formula is C48H82N14O19. The summed E-state index contributed by atoms with van der Waals surface area (Å²) in [5.41, 5.74) is 15.2. The van der Waals surface area contributed by atoms with E-state index in [1.54, 1.807) is 27.7 Å². The molecule has 4 rings (SSSR count). The molecule has 20 N–H and O–H groups in total. The molecule has 33 heteroatoms. The number of aliphatic carboxylic acids is 2. The summed E-state index contributed by atoms with van der Waals surface area (Å²) in [5, 5.41) is 87.0. The van der Waals surface area contributed by atoms with Crippen molar-refractivity contribution in [2.45, 2.75) is 177 Å². The number of carbonyl (C=O) groups excluding carboxylic acids is 4. The minimum Gasteiger partial charge on any atom is -0.480 e. The Morgan fingerprint density at radius 2 is 1.54 bits per heavy atom. The fourth-order valence-electron chi connectivity index (χ4n) is 9.35. The number of nitrogens with two attached hydrogens (primary N) is 3. The second kappa shape index (κ2) is 32.2. The van der Waals surface area contributed by atoms with Crippen molar-refractivity contribution in [3.05, 3.63) is 33.1 Å². The first-order valence-corrected chi connectivity index (χ1v) is 26.8. The predicted octanol–water partition coefficient (Wildman–Crippen LogP) is -5.03. The van der Waals surface area contributed by atoms with Crippen LogP contribution in [0.4, 0.5) is 4.79 Å². The molecule has 1 aromatic heterocycles. The second-order valence-electron chi connectivity index (χ2n) is 20.5. The predicted molar refractivity (Wildman–Crippen MR) is 283 cm³/mol. The number of nitrogens with one attached hydrogen (secondary N) is 8. The molecule has 2 fully saturated rings. The Kier molecular flexibility index (Phi) is 26.6. The number of aromatic amines is 1. The zero-order chi connectivity index (χ0) is 60.2. The third-order valence-electron chi connectivity index (χ3n) is 13.8. The highest BCUT2D eigenvalue weighted by atomic mass is 16.7. The van der Waals surface area contributed by atoms with E-state index in [2.05, 4.69) is 36.9 Å². The fourth-order valence-corrected chi connectivity index (χ4v) is 9.35. The van der Waals surface area contributed by atoms with Gasteiger partial charge in [0, 0.05) is 52.0 Å². The van der Waals surface area contributed by atoms with Crippen LogP contribution in [0.3, 0.4) is 0 Å². The maximum absolute atomic E-state index is 14.5. The van der Waals surface area contributed by atoms with Crippen molar-refractivity contribution in [3.8, 4) is 0 Å². The number of hydroxylamine groups is 2. The van der Waals surface area contributed by atoms with Gasteiger partial charge < -0.3 is 98.3 Å². The van der Waals surface area contributed by atoms with E-state index in [1.165, 1.54) is 7.11 Å². The number of aliphatic hydroxyl groups is 3. The van der Waals surface area contributed by atoms with Crippen LogP contribution in [-0.4, -0.2) is 218 Å². The minimum absolute atomic E-state index is 0.0667. The molecule has 4 amide bonds. The lowest BCUT2D eigenvalue weighted by Gasteiger charge is -2.34. The van der Waals surface area contributed by atoms with Gasteiger partial charge in [-0.2, -0.15) is 0 Å². The lowest BCUT2D eigenvalue weighted by molar-refractivity contribution is -0.231. The summed E-state index contributed by atoms with van der Waals surface area (Å²) in [4.78, 5) is 112. The lowest BCUT2D eigenvalue weighted by Crippen LogP contribution is -2.66. The van der Waals surface area contributed by atoms with Gasteiger partial charge in [-0.15, -0.1) is 0 Å². The van der Waals surface area contributed by atoms with Crippen LogP contribution in [0.5, 0.6) is 0 Å². The number of aliphatic imine (C=N–C) groups is 1. The van der Waals surface area contributed by atoms with Gasteiger partial charge in [0.1, 0.15) is 73.0 Å². The van der Waals surface area contributed by atoms with Gasteiger partial charge in [0.15, 0.2) is 18.5 Å². The van der Waals surface area contributed by atoms with E-state index in [1.807, 2.05) is 4.98 Å². The zero-order valence-electron chi connectivity index (χ0n) is 45.9. The van der Waals surface area contributed by atoms with Crippen molar-refractivity contribution in [3.63, 3.8) is 0 Å². The summed E-state index contributed by atoms with van der Waals surface area (Å²) in [6.07, 6.45) is -10.9. The Morgan fingerprint density at radius 1 is 0.877 bits per heavy atom. The van der Waals surface area contributed by atoms with Crippen molar-refractivity contribution in [2.24, 2.45) is 34.0 Å². The smallest absolute Gasteiger partial charge is 0.330 e. The Balaban J connectivity index is 1.57. The highest BCUT2D eigenvalue weighted by Gasteiger charge is 2.54. The second-order valence-corrected chi connectivity index (χ2v) is 20.5. The Morgan fingerprint density at radius 3 is 2.14 bits per heavy atom. The van der Waals surface area contributed by atoms with Crippen molar-refractivity contribution >= 4 is 47.7 Å². The van der Waals surface area contributed by atoms with Gasteiger partial charge in [-0.25, -0.2) is 19.4 Å². The number of aliphatic hydroxyl groups excluding tert-OH is 3. The van der Waals surface area contributed by atoms with Gasteiger partial charge in [-0.1, -0.05) is 53.4 Å². The van der Waals surface area contributed by atoms with Crippen LogP contribution < -0.4 is 60.4 Å². The molecule has 3 aliphatic rings. The molecule has 81 heavy (non-hydrogen) atoms. The van der Waals surface area contributed by atoms with Gasteiger partial charge in [-0.3, -0.25) is 49.1 Å². The summed E-state index contributed by atoms with van der Waals surface area (Å²) >= 11 is 0. The summed E-state index contributed by atoms with van der Waals surface area (Å²) in [6.45, 7) is 5.99. The Bertz CT molecular complexity index is 2410. The quantitative estimate of drug-likeness (QED) is 0.0103. The van der Waals surface area contributed by atoms with Crippen LogP contribution in [0.2, 0.25) is 0 Å². The van der Waals surface area contributed by atoms with Crippen LogP contribution in [-0.2, 0) is 47.7 Å². The molecule has 3 aliphatic heterocycles. The number of aromatic nitrogens is 2. The first-order chi connectivity index (χ1) is 38.3. The SMILES string of the molecule is CO[C@H]1[C@H](O[C@H](C(NCCCNC(=O)[C@@H](NC(=O)C(NC(=O)N[C@H](C(=O)O)C(C)C)C2CCN=C(N)N2)[C@@H](OC(=O)CCCCCCCCN(O)C(=N)N)C(C)C)C(=O)O)[C@H]2O[C@@H](n3ccc(=O)[nH]c3=O)[C@H](O)[C@@H]2O)O[C@H](CN)[C@H]1O. The number of amides is 4. The summed E-state index contributed by atoms with van der Waals surface area (Å²) in [5.74, 6) is -7.24. The summed E-state index contributed by atoms with van der Waals surface area (Å²) in [6, 6.07) is -7.45. The van der Waals surface area contributed by atoms with E-state index >= 15 is 0 Å². The number of hydrogen-bond donors (Lipinski definition) is 17. The van der Waals surface area contributed by atoms with E-state index in [0.29, 0.717) is 24.3 Å². The molecule has 0 radical (unpaired) electrons. The molecule has 458 valence electrons. The van der Waals surface area contributed by atoms with Gasteiger partial charge in [-0.05, 0) is 44.1 Å². The first-order valence-electron chi connectivity index (χ1n) is 26.8. The minimum atomic E-state index is -1.95. The van der Waals surface area contributed by atoms with E-state index in [4.69, 9.17) is 46.3 Å². The molecule has 4 heterocycles. The van der Waals surface area contributed by atoms with Gasteiger partial charge in [0.05, 0.1) is 6.04 Å². The third-order valence-corrected chi connectivity index (χ3v) is 13.8. The van der Waals surface area contributed by atoms with Crippen LogP contribution in [0.1, 0.15) is 91.7 Å². The van der Waals surface area contributed by atoms with Crippen LogP contribution >= 0.6 is 0 Å². The lowest BCUT2D eigenvalue weighted by atomic mass is 9.96. The zero-order valence-corrected chi connectivity index (χ0v) is 45.9. The molecular weight excluding hydrogens is 1080 g/mol. The van der Waals surface area contributed by atoms with E-state index < -0.39 is 156 Å². The number of nitrogens with zero attached hydrogens (tertiary/aromatic N) is 3.